The van der Waals surface area contributed by atoms with Crippen molar-refractivity contribution in [2.24, 2.45) is 5.92 Å². The number of ether oxygens (including phenoxy) is 1. The average molecular weight is 383 g/mol. The minimum atomic E-state index is -0.965. The van der Waals surface area contributed by atoms with Gasteiger partial charge in [0, 0.05) is 6.54 Å². The molecule has 1 aliphatic heterocycles. The third-order valence-corrected chi connectivity index (χ3v) is 5.80. The molecule has 2 rings (SSSR count). The topological polar surface area (TPSA) is 95.9 Å². The van der Waals surface area contributed by atoms with E-state index in [1.54, 1.807) is 13.8 Å². The molecule has 0 aromatic carbocycles. The summed E-state index contributed by atoms with van der Waals surface area (Å²) < 4.78 is 5.19. The SMILES string of the molecule is CCOC(=O)[C@H](CCC1CCCCC1)N[C@@H](C)C(=O)N1CCC[C@H]1C(=O)O. The summed E-state index contributed by atoms with van der Waals surface area (Å²) in [6.07, 6.45) is 8.97. The Hall–Kier alpha value is -1.63. The van der Waals surface area contributed by atoms with Gasteiger partial charge in [-0.1, -0.05) is 32.1 Å². The number of hydrogen-bond acceptors (Lipinski definition) is 5. The van der Waals surface area contributed by atoms with Gasteiger partial charge < -0.3 is 14.7 Å². The highest BCUT2D eigenvalue weighted by atomic mass is 16.5. The average Bonchev–Trinajstić information content (AvgIpc) is 3.15. The maximum absolute atomic E-state index is 12.7. The van der Waals surface area contributed by atoms with Crippen molar-refractivity contribution in [3.8, 4) is 0 Å². The Morgan fingerprint density at radius 1 is 1.15 bits per heavy atom. The predicted octanol–water partition coefficient (Wildman–Crippen LogP) is 2.33. The molecule has 7 heteroatoms. The molecule has 0 unspecified atom stereocenters. The number of nitrogens with zero attached hydrogens (tertiary/aromatic N) is 1. The van der Waals surface area contributed by atoms with Crippen LogP contribution < -0.4 is 5.32 Å². The van der Waals surface area contributed by atoms with Gasteiger partial charge in [-0.15, -0.1) is 0 Å². The summed E-state index contributed by atoms with van der Waals surface area (Å²) in [6, 6.07) is -1.91. The first-order chi connectivity index (χ1) is 12.9. The summed E-state index contributed by atoms with van der Waals surface area (Å²) in [7, 11) is 0. The van der Waals surface area contributed by atoms with Crippen molar-refractivity contribution < 1.29 is 24.2 Å². The number of carbonyl (C=O) groups excluding carboxylic acids is 2. The third-order valence-electron chi connectivity index (χ3n) is 5.80. The van der Waals surface area contributed by atoms with Crippen LogP contribution in [0.5, 0.6) is 0 Å². The lowest BCUT2D eigenvalue weighted by molar-refractivity contribution is -0.150. The number of amides is 1. The third kappa shape index (κ3) is 6.19. The van der Waals surface area contributed by atoms with E-state index < -0.39 is 24.1 Å². The van der Waals surface area contributed by atoms with Gasteiger partial charge in [0.25, 0.3) is 0 Å². The number of rotatable bonds is 9. The zero-order valence-corrected chi connectivity index (χ0v) is 16.6. The summed E-state index contributed by atoms with van der Waals surface area (Å²) >= 11 is 0. The molecule has 2 N–H and O–H groups in total. The van der Waals surface area contributed by atoms with Crippen LogP contribution in [0, 0.1) is 5.92 Å². The Morgan fingerprint density at radius 2 is 1.85 bits per heavy atom. The molecule has 0 aromatic heterocycles. The Balaban J connectivity index is 1.94. The zero-order valence-electron chi connectivity index (χ0n) is 16.6. The number of aliphatic carboxylic acids is 1. The quantitative estimate of drug-likeness (QED) is 0.594. The van der Waals surface area contributed by atoms with Crippen molar-refractivity contribution in [2.75, 3.05) is 13.2 Å². The van der Waals surface area contributed by atoms with Gasteiger partial charge in [0.2, 0.25) is 5.91 Å². The number of nitrogens with one attached hydrogen (secondary N) is 1. The van der Waals surface area contributed by atoms with E-state index in [4.69, 9.17) is 4.74 Å². The van der Waals surface area contributed by atoms with Gasteiger partial charge in [-0.25, -0.2) is 4.79 Å². The van der Waals surface area contributed by atoms with Gasteiger partial charge in [0.15, 0.2) is 0 Å². The summed E-state index contributed by atoms with van der Waals surface area (Å²) in [5.41, 5.74) is 0. The van der Waals surface area contributed by atoms with Gasteiger partial charge in [-0.2, -0.15) is 0 Å². The molecular weight excluding hydrogens is 348 g/mol. The largest absolute Gasteiger partial charge is 0.480 e. The summed E-state index contributed by atoms with van der Waals surface area (Å²) in [6.45, 7) is 4.22. The molecule has 1 heterocycles. The molecule has 1 amide bonds. The molecule has 27 heavy (non-hydrogen) atoms. The van der Waals surface area contributed by atoms with Crippen LogP contribution >= 0.6 is 0 Å². The van der Waals surface area contributed by atoms with E-state index >= 15 is 0 Å². The highest BCUT2D eigenvalue weighted by molar-refractivity contribution is 5.88. The molecule has 154 valence electrons. The summed E-state index contributed by atoms with van der Waals surface area (Å²) in [5, 5.41) is 12.4. The van der Waals surface area contributed by atoms with Crippen LogP contribution in [0.2, 0.25) is 0 Å². The van der Waals surface area contributed by atoms with Crippen molar-refractivity contribution in [2.45, 2.75) is 89.8 Å². The van der Waals surface area contributed by atoms with E-state index in [9.17, 15) is 19.5 Å². The van der Waals surface area contributed by atoms with Crippen molar-refractivity contribution >= 4 is 17.8 Å². The monoisotopic (exact) mass is 382 g/mol. The van der Waals surface area contributed by atoms with Gasteiger partial charge in [-0.05, 0) is 45.4 Å². The van der Waals surface area contributed by atoms with E-state index in [-0.39, 0.29) is 11.9 Å². The number of likely N-dealkylation sites (tertiary alicyclic amines) is 1. The molecule has 1 saturated heterocycles. The summed E-state index contributed by atoms with van der Waals surface area (Å²) in [4.78, 5) is 37.9. The second-order valence-electron chi connectivity index (χ2n) is 7.80. The van der Waals surface area contributed by atoms with E-state index in [1.807, 2.05) is 0 Å². The molecule has 0 radical (unpaired) electrons. The molecule has 2 aliphatic rings. The fraction of sp³-hybridized carbons (Fsp3) is 0.850. The Labute approximate surface area is 161 Å². The first-order valence-electron chi connectivity index (χ1n) is 10.4. The lowest BCUT2D eigenvalue weighted by Crippen LogP contribution is -2.53. The number of carboxylic acids is 1. The van der Waals surface area contributed by atoms with Crippen LogP contribution in [0.1, 0.15) is 71.6 Å². The second-order valence-corrected chi connectivity index (χ2v) is 7.80. The predicted molar refractivity (Wildman–Crippen MR) is 101 cm³/mol. The van der Waals surface area contributed by atoms with Crippen molar-refractivity contribution in [3.05, 3.63) is 0 Å². The van der Waals surface area contributed by atoms with Crippen molar-refractivity contribution in [1.29, 1.82) is 0 Å². The number of esters is 1. The fourth-order valence-electron chi connectivity index (χ4n) is 4.30. The standard InChI is InChI=1S/C20H34N2O5/c1-3-27-20(26)16(12-11-15-8-5-4-6-9-15)21-14(2)18(23)22-13-7-10-17(22)19(24)25/h14-17,21H,3-13H2,1-2H3,(H,24,25)/t14-,16-,17-/m0/s1. The fourth-order valence-corrected chi connectivity index (χ4v) is 4.30. The maximum Gasteiger partial charge on any atom is 0.326 e. The van der Waals surface area contributed by atoms with Crippen LogP contribution in [0.4, 0.5) is 0 Å². The highest BCUT2D eigenvalue weighted by Crippen LogP contribution is 2.28. The van der Waals surface area contributed by atoms with Crippen molar-refractivity contribution in [1.82, 2.24) is 10.2 Å². The Bertz CT molecular complexity index is 519. The van der Waals surface area contributed by atoms with E-state index in [2.05, 4.69) is 5.32 Å². The number of carboxylic acid groups (broad SMARTS) is 1. The zero-order chi connectivity index (χ0) is 19.8. The van der Waals surface area contributed by atoms with Gasteiger partial charge >= 0.3 is 11.9 Å². The van der Waals surface area contributed by atoms with Crippen molar-refractivity contribution in [3.63, 3.8) is 0 Å². The first kappa shape index (κ1) is 21.7. The Morgan fingerprint density at radius 3 is 2.48 bits per heavy atom. The maximum atomic E-state index is 12.7. The summed E-state index contributed by atoms with van der Waals surface area (Å²) in [5.74, 6) is -0.915. The van der Waals surface area contributed by atoms with Gasteiger partial charge in [0.05, 0.1) is 12.6 Å². The first-order valence-corrected chi connectivity index (χ1v) is 10.4. The molecular formula is C20H34N2O5. The molecule has 1 aliphatic carbocycles. The molecule has 3 atom stereocenters. The molecule has 0 spiro atoms. The number of carbonyl (C=O) groups is 3. The van der Waals surface area contributed by atoms with Crippen LogP contribution in [0.25, 0.3) is 0 Å². The normalized spacial score (nSPS) is 23.0. The van der Waals surface area contributed by atoms with Crippen LogP contribution in [0.3, 0.4) is 0 Å². The minimum Gasteiger partial charge on any atom is -0.480 e. The van der Waals surface area contributed by atoms with Crippen LogP contribution in [-0.2, 0) is 19.1 Å². The lowest BCUT2D eigenvalue weighted by atomic mass is 9.85. The van der Waals surface area contributed by atoms with E-state index in [1.165, 1.54) is 37.0 Å². The van der Waals surface area contributed by atoms with Crippen LogP contribution in [-0.4, -0.2) is 59.1 Å². The van der Waals surface area contributed by atoms with Crippen LogP contribution in [0.15, 0.2) is 0 Å². The second kappa shape index (κ2) is 10.6. The molecule has 0 bridgehead atoms. The Kier molecular flexibility index (Phi) is 8.54. The van der Waals surface area contributed by atoms with E-state index in [0.29, 0.717) is 38.3 Å². The van der Waals surface area contributed by atoms with E-state index in [0.717, 1.165) is 6.42 Å². The lowest BCUT2D eigenvalue weighted by Gasteiger charge is -2.29. The molecule has 7 nitrogen and oxygen atoms in total. The minimum absolute atomic E-state index is 0.258. The van der Waals surface area contributed by atoms with Gasteiger partial charge in [0.1, 0.15) is 12.1 Å². The van der Waals surface area contributed by atoms with Gasteiger partial charge in [-0.3, -0.25) is 14.9 Å². The highest BCUT2D eigenvalue weighted by Gasteiger charge is 2.37. The smallest absolute Gasteiger partial charge is 0.326 e. The molecule has 1 saturated carbocycles. The number of hydrogen-bond donors (Lipinski definition) is 2. The molecule has 2 fully saturated rings. The molecule has 0 aromatic rings.